The fraction of sp³-hybridized carbons (Fsp3) is 0.444. The number of amides is 1. The molecule has 5 nitrogen and oxygen atoms in total. The van der Waals surface area contributed by atoms with Crippen molar-refractivity contribution in [2.45, 2.75) is 44.9 Å². The van der Waals surface area contributed by atoms with E-state index in [4.69, 9.17) is 16.3 Å². The summed E-state index contributed by atoms with van der Waals surface area (Å²) in [4.78, 5) is 16.7. The van der Waals surface area contributed by atoms with Gasteiger partial charge in [-0.15, -0.1) is 0 Å². The van der Waals surface area contributed by atoms with Crippen molar-refractivity contribution >= 4 is 28.4 Å². The highest BCUT2D eigenvalue weighted by Crippen LogP contribution is 2.31. The summed E-state index contributed by atoms with van der Waals surface area (Å²) in [5.74, 6) is -0.394. The molecule has 1 aromatic carbocycles. The van der Waals surface area contributed by atoms with Crippen LogP contribution < -0.4 is 10.1 Å². The molecule has 3 rings (SSSR count). The first-order valence-electron chi connectivity index (χ1n) is 8.22. The first-order chi connectivity index (χ1) is 12.2. The Morgan fingerprint density at radius 2 is 2.19 bits per heavy atom. The number of pyridine rings is 1. The molecule has 1 amide bonds. The number of carbonyl (C=O) groups is 1. The smallest absolute Gasteiger partial charge is 0.387 e. The standard InChI is InChI=1S/C18H19ClF2N2O3/c1-18(2)8-12(3-4-25-18)23-16(24)11-5-10-6-13(19)15(26-17(20)21)7-14(10)22-9-11/h5-7,9,12,17H,3-4,8H2,1-2H3,(H,23,24). The molecule has 2 heterocycles. The largest absolute Gasteiger partial charge is 0.433 e. The number of hydrogen-bond acceptors (Lipinski definition) is 4. The number of nitrogens with one attached hydrogen (secondary N) is 1. The van der Waals surface area contributed by atoms with Gasteiger partial charge in [-0.1, -0.05) is 11.6 Å². The van der Waals surface area contributed by atoms with Crippen molar-refractivity contribution in [3.63, 3.8) is 0 Å². The van der Waals surface area contributed by atoms with Gasteiger partial charge in [-0.2, -0.15) is 8.78 Å². The molecule has 1 aliphatic rings. The number of hydrogen-bond donors (Lipinski definition) is 1. The van der Waals surface area contributed by atoms with Crippen molar-refractivity contribution < 1.29 is 23.0 Å². The van der Waals surface area contributed by atoms with Gasteiger partial charge < -0.3 is 14.8 Å². The van der Waals surface area contributed by atoms with E-state index < -0.39 is 6.61 Å². The molecule has 1 unspecified atom stereocenters. The summed E-state index contributed by atoms with van der Waals surface area (Å²) in [6, 6.07) is 4.43. The zero-order chi connectivity index (χ0) is 18.9. The maximum atomic E-state index is 12.5. The molecule has 1 fully saturated rings. The second-order valence-electron chi connectivity index (χ2n) is 6.85. The van der Waals surface area contributed by atoms with E-state index in [2.05, 4.69) is 15.0 Å². The fourth-order valence-electron chi connectivity index (χ4n) is 3.06. The zero-order valence-electron chi connectivity index (χ0n) is 14.4. The van der Waals surface area contributed by atoms with E-state index in [1.165, 1.54) is 18.3 Å². The van der Waals surface area contributed by atoms with Gasteiger partial charge in [-0.05, 0) is 38.8 Å². The van der Waals surface area contributed by atoms with E-state index >= 15 is 0 Å². The van der Waals surface area contributed by atoms with Gasteiger partial charge in [-0.3, -0.25) is 9.78 Å². The molecule has 1 aliphatic heterocycles. The van der Waals surface area contributed by atoms with E-state index in [0.717, 1.165) is 12.8 Å². The minimum absolute atomic E-state index is 0.0207. The second-order valence-corrected chi connectivity index (χ2v) is 7.26. The molecule has 1 aromatic heterocycles. The fourth-order valence-corrected chi connectivity index (χ4v) is 3.28. The zero-order valence-corrected chi connectivity index (χ0v) is 15.1. The summed E-state index contributed by atoms with van der Waals surface area (Å²) in [6.45, 7) is 1.60. The summed E-state index contributed by atoms with van der Waals surface area (Å²) in [5, 5.41) is 3.59. The Bertz CT molecular complexity index is 829. The molecule has 1 saturated heterocycles. The van der Waals surface area contributed by atoms with Gasteiger partial charge in [0.1, 0.15) is 5.75 Å². The van der Waals surface area contributed by atoms with Crippen molar-refractivity contribution in [1.82, 2.24) is 10.3 Å². The van der Waals surface area contributed by atoms with Crippen LogP contribution in [-0.2, 0) is 4.74 Å². The minimum atomic E-state index is -2.97. The maximum Gasteiger partial charge on any atom is 0.387 e. The lowest BCUT2D eigenvalue weighted by Gasteiger charge is -2.35. The third kappa shape index (κ3) is 4.40. The first kappa shape index (κ1) is 18.8. The number of aromatic nitrogens is 1. The van der Waals surface area contributed by atoms with Crippen LogP contribution in [0.1, 0.15) is 37.0 Å². The van der Waals surface area contributed by atoms with Crippen LogP contribution in [0.25, 0.3) is 10.9 Å². The quantitative estimate of drug-likeness (QED) is 0.859. The van der Waals surface area contributed by atoms with Gasteiger partial charge in [0.25, 0.3) is 5.91 Å². The van der Waals surface area contributed by atoms with Gasteiger partial charge in [-0.25, -0.2) is 0 Å². The van der Waals surface area contributed by atoms with E-state index in [-0.39, 0.29) is 28.3 Å². The lowest BCUT2D eigenvalue weighted by Crippen LogP contribution is -2.45. The van der Waals surface area contributed by atoms with Crippen LogP contribution in [-0.4, -0.2) is 35.8 Å². The Balaban J connectivity index is 1.79. The topological polar surface area (TPSA) is 60.5 Å². The highest BCUT2D eigenvalue weighted by atomic mass is 35.5. The Morgan fingerprint density at radius 1 is 1.42 bits per heavy atom. The third-order valence-electron chi connectivity index (χ3n) is 4.25. The molecule has 0 radical (unpaired) electrons. The van der Waals surface area contributed by atoms with Crippen molar-refractivity contribution in [2.75, 3.05) is 6.61 Å². The number of halogens is 3. The molecule has 0 aliphatic carbocycles. The number of rotatable bonds is 4. The average molecular weight is 385 g/mol. The number of benzene rings is 1. The highest BCUT2D eigenvalue weighted by molar-refractivity contribution is 6.32. The van der Waals surface area contributed by atoms with Crippen molar-refractivity contribution in [1.29, 1.82) is 0 Å². The molecule has 0 bridgehead atoms. The summed E-state index contributed by atoms with van der Waals surface area (Å²) in [7, 11) is 0. The van der Waals surface area contributed by atoms with E-state index in [1.54, 1.807) is 6.07 Å². The van der Waals surface area contributed by atoms with Gasteiger partial charge in [0.15, 0.2) is 0 Å². The first-order valence-corrected chi connectivity index (χ1v) is 8.60. The molecule has 0 spiro atoms. The normalized spacial score (nSPS) is 19.5. The molecule has 1 atom stereocenters. The van der Waals surface area contributed by atoms with Gasteiger partial charge in [0, 0.05) is 30.3 Å². The van der Waals surface area contributed by atoms with Crippen molar-refractivity contribution in [3.05, 3.63) is 35.0 Å². The highest BCUT2D eigenvalue weighted by Gasteiger charge is 2.29. The summed E-state index contributed by atoms with van der Waals surface area (Å²) in [6.07, 6.45) is 2.87. The van der Waals surface area contributed by atoms with Crippen molar-refractivity contribution in [2.24, 2.45) is 0 Å². The Hall–Kier alpha value is -1.99. The Kier molecular flexibility index (Phi) is 5.29. The maximum absolute atomic E-state index is 12.5. The number of nitrogens with zero attached hydrogens (tertiary/aromatic N) is 1. The molecule has 2 aromatic rings. The molecule has 8 heteroatoms. The lowest BCUT2D eigenvalue weighted by molar-refractivity contribution is -0.0615. The number of fused-ring (bicyclic) bond motifs is 1. The van der Waals surface area contributed by atoms with Crippen molar-refractivity contribution in [3.8, 4) is 5.75 Å². The number of ether oxygens (including phenoxy) is 2. The van der Waals surface area contributed by atoms with Crippen LogP contribution in [0.5, 0.6) is 5.75 Å². The lowest BCUT2D eigenvalue weighted by atomic mass is 9.94. The van der Waals surface area contributed by atoms with Crippen LogP contribution in [0.3, 0.4) is 0 Å². The molecule has 26 heavy (non-hydrogen) atoms. The van der Waals surface area contributed by atoms with Crippen LogP contribution in [0.15, 0.2) is 24.4 Å². The molecular formula is C18H19ClF2N2O3. The van der Waals surface area contributed by atoms with Gasteiger partial charge in [0.2, 0.25) is 0 Å². The predicted molar refractivity (Wildman–Crippen MR) is 93.9 cm³/mol. The van der Waals surface area contributed by atoms with Gasteiger partial charge in [0.05, 0.1) is 21.7 Å². The number of alkyl halides is 2. The van der Waals surface area contributed by atoms with E-state index in [9.17, 15) is 13.6 Å². The summed E-state index contributed by atoms with van der Waals surface area (Å²) >= 11 is 5.97. The SMILES string of the molecule is CC1(C)CC(NC(=O)c2cnc3cc(OC(F)F)c(Cl)cc3c2)CCO1. The Labute approximate surface area is 154 Å². The Morgan fingerprint density at radius 3 is 2.88 bits per heavy atom. The monoisotopic (exact) mass is 384 g/mol. The van der Waals surface area contributed by atoms with E-state index in [0.29, 0.717) is 23.1 Å². The molecular weight excluding hydrogens is 366 g/mol. The predicted octanol–water partition coefficient (Wildman–Crippen LogP) is 4.18. The van der Waals surface area contributed by atoms with Crippen LogP contribution in [0.4, 0.5) is 8.78 Å². The van der Waals surface area contributed by atoms with Crippen LogP contribution in [0, 0.1) is 0 Å². The van der Waals surface area contributed by atoms with Gasteiger partial charge >= 0.3 is 6.61 Å². The minimum Gasteiger partial charge on any atom is -0.433 e. The van der Waals surface area contributed by atoms with E-state index in [1.807, 2.05) is 13.8 Å². The second kappa shape index (κ2) is 7.32. The molecule has 1 N–H and O–H groups in total. The summed E-state index contributed by atoms with van der Waals surface area (Å²) < 4.78 is 34.8. The third-order valence-corrected chi connectivity index (χ3v) is 4.54. The molecule has 0 saturated carbocycles. The summed E-state index contributed by atoms with van der Waals surface area (Å²) in [5.41, 5.74) is 0.515. The molecule has 140 valence electrons. The number of carbonyl (C=O) groups excluding carboxylic acids is 1. The van der Waals surface area contributed by atoms with Crippen LogP contribution in [0.2, 0.25) is 5.02 Å². The average Bonchev–Trinajstić information content (AvgIpc) is 2.53. The van der Waals surface area contributed by atoms with Crippen LogP contribution >= 0.6 is 11.6 Å².